The van der Waals surface area contributed by atoms with E-state index in [-0.39, 0.29) is 11.2 Å². The van der Waals surface area contributed by atoms with Gasteiger partial charge in [0.1, 0.15) is 11.6 Å². The van der Waals surface area contributed by atoms with Crippen LogP contribution in [0.5, 0.6) is 0 Å². The van der Waals surface area contributed by atoms with Gasteiger partial charge in [-0.2, -0.15) is 11.8 Å². The minimum Gasteiger partial charge on any atom is -0.326 e. The molecule has 0 aliphatic rings. The Balaban J connectivity index is 2.56. The molecule has 0 N–H and O–H groups in total. The molecule has 0 aliphatic heterocycles. The van der Waals surface area contributed by atoms with Crippen LogP contribution in [0.2, 0.25) is 0 Å². The Hall–Kier alpha value is -0.740. The number of rotatable bonds is 4. The zero-order valence-electron chi connectivity index (χ0n) is 9.78. The number of hydrogen-bond donors (Lipinski definition) is 0. The van der Waals surface area contributed by atoms with Crippen molar-refractivity contribution in [1.29, 1.82) is 0 Å². The quantitative estimate of drug-likeness (QED) is 0.787. The first-order valence-electron chi connectivity index (χ1n) is 5.42. The third-order valence-corrected chi connectivity index (χ3v) is 3.40. The lowest BCUT2D eigenvalue weighted by Gasteiger charge is -2.09. The molecule has 17 heavy (non-hydrogen) atoms. The van der Waals surface area contributed by atoms with Crippen molar-refractivity contribution in [3.63, 3.8) is 0 Å². The summed E-state index contributed by atoms with van der Waals surface area (Å²) in [6, 6.07) is 4.64. The maximum atomic E-state index is 13.3. The van der Waals surface area contributed by atoms with E-state index in [2.05, 4.69) is 4.98 Å². The van der Waals surface area contributed by atoms with Crippen LogP contribution < -0.4 is 0 Å². The number of hydrogen-bond acceptors (Lipinski definition) is 2. The summed E-state index contributed by atoms with van der Waals surface area (Å²) < 4.78 is 15.3. The van der Waals surface area contributed by atoms with Crippen LogP contribution in [0.3, 0.4) is 0 Å². The molecule has 1 unspecified atom stereocenters. The molecule has 0 amide bonds. The summed E-state index contributed by atoms with van der Waals surface area (Å²) >= 11 is 7.86. The smallest absolute Gasteiger partial charge is 0.127 e. The highest BCUT2D eigenvalue weighted by Gasteiger charge is 2.14. The first kappa shape index (κ1) is 12.7. The van der Waals surface area contributed by atoms with Crippen molar-refractivity contribution in [1.82, 2.24) is 9.55 Å². The number of imidazole rings is 1. The number of aryl methyl sites for hydroxylation is 1. The lowest BCUT2D eigenvalue weighted by atomic mass is 10.3. The first-order chi connectivity index (χ1) is 8.13. The molecule has 0 aliphatic carbocycles. The summed E-state index contributed by atoms with van der Waals surface area (Å²) in [5, 5.41) is -0.174. The molecule has 0 bridgehead atoms. The van der Waals surface area contributed by atoms with Crippen LogP contribution in [-0.2, 0) is 6.54 Å². The molecule has 1 aromatic carbocycles. The van der Waals surface area contributed by atoms with Crippen molar-refractivity contribution in [3.05, 3.63) is 29.8 Å². The third kappa shape index (κ3) is 2.58. The molecule has 2 aromatic rings. The molecule has 1 atom stereocenters. The van der Waals surface area contributed by atoms with E-state index < -0.39 is 0 Å². The van der Waals surface area contributed by atoms with Crippen molar-refractivity contribution in [2.45, 2.75) is 18.8 Å². The van der Waals surface area contributed by atoms with Crippen molar-refractivity contribution < 1.29 is 4.39 Å². The van der Waals surface area contributed by atoms with E-state index in [1.807, 2.05) is 17.7 Å². The fourth-order valence-electron chi connectivity index (χ4n) is 1.84. The Labute approximate surface area is 109 Å². The number of aromatic nitrogens is 2. The average molecular weight is 273 g/mol. The Morgan fingerprint density at radius 1 is 1.53 bits per heavy atom. The van der Waals surface area contributed by atoms with E-state index in [0.29, 0.717) is 0 Å². The van der Waals surface area contributed by atoms with Crippen LogP contribution in [-0.4, -0.2) is 21.6 Å². The average Bonchev–Trinajstić information content (AvgIpc) is 2.64. The summed E-state index contributed by atoms with van der Waals surface area (Å²) in [6.45, 7) is 2.68. The number of alkyl halides is 1. The molecule has 2 rings (SSSR count). The van der Waals surface area contributed by atoms with Crippen molar-refractivity contribution in [2.24, 2.45) is 0 Å². The van der Waals surface area contributed by atoms with E-state index in [1.165, 1.54) is 12.1 Å². The summed E-state index contributed by atoms with van der Waals surface area (Å²) in [6.07, 6.45) is 2.05. The van der Waals surface area contributed by atoms with Gasteiger partial charge in [-0.15, -0.1) is 11.6 Å². The number of benzene rings is 1. The monoisotopic (exact) mass is 272 g/mol. The van der Waals surface area contributed by atoms with E-state index >= 15 is 0 Å². The van der Waals surface area contributed by atoms with Gasteiger partial charge in [-0.25, -0.2) is 9.37 Å². The molecule has 1 aromatic heterocycles. The lowest BCUT2D eigenvalue weighted by molar-refractivity contribution is 0.627. The van der Waals surface area contributed by atoms with Gasteiger partial charge in [-0.05, 0) is 31.4 Å². The molecule has 0 saturated carbocycles. The highest BCUT2D eigenvalue weighted by atomic mass is 35.5. The molecule has 0 saturated heterocycles. The van der Waals surface area contributed by atoms with Gasteiger partial charge in [0, 0.05) is 12.3 Å². The predicted molar refractivity (Wildman–Crippen MR) is 72.3 cm³/mol. The standard InChI is InChI=1S/C12H14ClFN2S/c1-8(13)12-15-10-4-3-9(14)7-11(10)16(12)5-6-17-2/h3-4,7-8H,5-6H2,1-2H3. The van der Waals surface area contributed by atoms with Gasteiger partial charge in [-0.3, -0.25) is 0 Å². The van der Waals surface area contributed by atoms with Crippen LogP contribution >= 0.6 is 23.4 Å². The molecule has 0 spiro atoms. The Bertz CT molecular complexity index is 524. The van der Waals surface area contributed by atoms with Crippen molar-refractivity contribution in [3.8, 4) is 0 Å². The molecule has 92 valence electrons. The molecular weight excluding hydrogens is 259 g/mol. The van der Waals surface area contributed by atoms with Gasteiger partial charge in [-0.1, -0.05) is 0 Å². The van der Waals surface area contributed by atoms with E-state index in [0.717, 1.165) is 29.2 Å². The zero-order chi connectivity index (χ0) is 12.4. The van der Waals surface area contributed by atoms with Crippen molar-refractivity contribution >= 4 is 34.4 Å². The number of halogens is 2. The highest BCUT2D eigenvalue weighted by Crippen LogP contribution is 2.25. The predicted octanol–water partition coefficient (Wildman–Crippen LogP) is 3.84. The van der Waals surface area contributed by atoms with Crippen LogP contribution in [0.4, 0.5) is 4.39 Å². The maximum absolute atomic E-state index is 13.3. The van der Waals surface area contributed by atoms with Crippen LogP contribution in [0, 0.1) is 5.82 Å². The maximum Gasteiger partial charge on any atom is 0.127 e. The fraction of sp³-hybridized carbons (Fsp3) is 0.417. The Morgan fingerprint density at radius 3 is 2.94 bits per heavy atom. The van der Waals surface area contributed by atoms with Gasteiger partial charge in [0.25, 0.3) is 0 Å². The fourth-order valence-corrected chi connectivity index (χ4v) is 2.37. The molecule has 0 radical (unpaired) electrons. The summed E-state index contributed by atoms with van der Waals surface area (Å²) in [5.74, 6) is 1.52. The van der Waals surface area contributed by atoms with Crippen LogP contribution in [0.25, 0.3) is 11.0 Å². The Morgan fingerprint density at radius 2 is 2.29 bits per heavy atom. The van der Waals surface area contributed by atoms with Gasteiger partial charge in [0.15, 0.2) is 0 Å². The lowest BCUT2D eigenvalue weighted by Crippen LogP contribution is -2.06. The largest absolute Gasteiger partial charge is 0.326 e. The van der Waals surface area contributed by atoms with Crippen LogP contribution in [0.1, 0.15) is 18.1 Å². The second-order valence-corrected chi connectivity index (χ2v) is 5.50. The van der Waals surface area contributed by atoms with Crippen LogP contribution in [0.15, 0.2) is 18.2 Å². The summed E-state index contributed by atoms with van der Waals surface area (Å²) in [7, 11) is 0. The normalized spacial score (nSPS) is 13.2. The summed E-state index contributed by atoms with van der Waals surface area (Å²) in [4.78, 5) is 4.46. The minimum atomic E-state index is -0.239. The third-order valence-electron chi connectivity index (χ3n) is 2.61. The van der Waals surface area contributed by atoms with Gasteiger partial charge < -0.3 is 4.57 Å². The van der Waals surface area contributed by atoms with Gasteiger partial charge in [0.05, 0.1) is 16.4 Å². The molecule has 1 heterocycles. The molecular formula is C12H14ClFN2S. The minimum absolute atomic E-state index is 0.174. The van der Waals surface area contributed by atoms with Gasteiger partial charge >= 0.3 is 0 Å². The number of fused-ring (bicyclic) bond motifs is 1. The number of thioether (sulfide) groups is 1. The molecule has 2 nitrogen and oxygen atoms in total. The summed E-state index contributed by atoms with van der Waals surface area (Å²) in [5.41, 5.74) is 1.62. The zero-order valence-corrected chi connectivity index (χ0v) is 11.4. The second-order valence-electron chi connectivity index (χ2n) is 3.86. The highest BCUT2D eigenvalue weighted by molar-refractivity contribution is 7.98. The Kier molecular flexibility index (Phi) is 3.94. The second kappa shape index (κ2) is 5.27. The molecule has 0 fully saturated rings. The van der Waals surface area contributed by atoms with Gasteiger partial charge in [0.2, 0.25) is 0 Å². The molecule has 5 heteroatoms. The number of nitrogens with zero attached hydrogens (tertiary/aromatic N) is 2. The SMILES string of the molecule is CSCCn1c(C(C)Cl)nc2ccc(F)cc21. The van der Waals surface area contributed by atoms with E-state index in [1.54, 1.807) is 17.8 Å². The van der Waals surface area contributed by atoms with E-state index in [4.69, 9.17) is 11.6 Å². The topological polar surface area (TPSA) is 17.8 Å². The van der Waals surface area contributed by atoms with Crippen molar-refractivity contribution in [2.75, 3.05) is 12.0 Å². The first-order valence-corrected chi connectivity index (χ1v) is 7.25. The van der Waals surface area contributed by atoms with E-state index in [9.17, 15) is 4.39 Å².